The van der Waals surface area contributed by atoms with E-state index >= 15 is 0 Å². The molecule has 3 nitrogen and oxygen atoms in total. The fraction of sp³-hybridized carbons (Fsp3) is 0.588. The quantitative estimate of drug-likeness (QED) is 0.792. The minimum Gasteiger partial charge on any atom is -0.342 e. The molecule has 1 aromatic rings. The molecule has 0 aliphatic rings. The summed E-state index contributed by atoms with van der Waals surface area (Å²) in [6.45, 7) is 11.3. The molecular formula is C17H28N2O. The van der Waals surface area contributed by atoms with E-state index in [1.165, 1.54) is 5.56 Å². The Morgan fingerprint density at radius 2 is 1.75 bits per heavy atom. The van der Waals surface area contributed by atoms with Crippen LogP contribution < -0.4 is 5.32 Å². The van der Waals surface area contributed by atoms with Crippen molar-refractivity contribution in [2.45, 2.75) is 33.6 Å². The molecule has 0 bridgehead atoms. The van der Waals surface area contributed by atoms with Crippen LogP contribution in [0.1, 0.15) is 39.2 Å². The van der Waals surface area contributed by atoms with Crippen molar-refractivity contribution >= 4 is 5.91 Å². The Morgan fingerprint density at radius 1 is 1.15 bits per heavy atom. The summed E-state index contributed by atoms with van der Waals surface area (Å²) in [5, 5.41) is 3.32. The molecule has 1 amide bonds. The Labute approximate surface area is 123 Å². The van der Waals surface area contributed by atoms with E-state index in [0.29, 0.717) is 18.4 Å². The van der Waals surface area contributed by atoms with Crippen LogP contribution in [0.4, 0.5) is 0 Å². The first-order valence-electron chi connectivity index (χ1n) is 7.63. The number of carbonyl (C=O) groups excluding carboxylic acids is 1. The molecule has 1 unspecified atom stereocenters. The van der Waals surface area contributed by atoms with Crippen LogP contribution in [0.15, 0.2) is 30.3 Å². The summed E-state index contributed by atoms with van der Waals surface area (Å²) in [5.41, 5.74) is 1.34. The number of nitrogens with zero attached hydrogens (tertiary/aromatic N) is 1. The monoisotopic (exact) mass is 276 g/mol. The molecule has 1 aromatic carbocycles. The second kappa shape index (κ2) is 8.75. The molecule has 0 saturated carbocycles. The summed E-state index contributed by atoms with van der Waals surface area (Å²) in [6, 6.07) is 10.5. The Morgan fingerprint density at radius 3 is 2.25 bits per heavy atom. The van der Waals surface area contributed by atoms with Gasteiger partial charge in [-0.15, -0.1) is 0 Å². The normalized spacial score (nSPS) is 12.4. The molecule has 1 N–H and O–H groups in total. The van der Waals surface area contributed by atoms with Crippen molar-refractivity contribution in [3.63, 3.8) is 0 Å². The van der Waals surface area contributed by atoms with Gasteiger partial charge in [0.2, 0.25) is 5.91 Å². The first-order chi connectivity index (χ1) is 9.60. The summed E-state index contributed by atoms with van der Waals surface area (Å²) in [5.74, 6) is 1.18. The van der Waals surface area contributed by atoms with Gasteiger partial charge < -0.3 is 10.2 Å². The highest BCUT2D eigenvalue weighted by Gasteiger charge is 2.16. The van der Waals surface area contributed by atoms with E-state index in [1.54, 1.807) is 0 Å². The third kappa shape index (κ3) is 4.97. The Balaban J connectivity index is 2.51. The zero-order chi connectivity index (χ0) is 15.0. The van der Waals surface area contributed by atoms with Crippen molar-refractivity contribution in [3.05, 3.63) is 35.9 Å². The molecule has 0 aliphatic carbocycles. The highest BCUT2D eigenvalue weighted by molar-refractivity contribution is 5.78. The Kier molecular flexibility index (Phi) is 7.31. The number of amides is 1. The highest BCUT2D eigenvalue weighted by atomic mass is 16.2. The third-order valence-electron chi connectivity index (χ3n) is 3.79. The van der Waals surface area contributed by atoms with Crippen LogP contribution in [-0.4, -0.2) is 37.0 Å². The minimum atomic E-state index is 0.186. The van der Waals surface area contributed by atoms with Crippen molar-refractivity contribution in [1.82, 2.24) is 10.2 Å². The van der Waals surface area contributed by atoms with Crippen LogP contribution in [0.3, 0.4) is 0 Å². The van der Waals surface area contributed by atoms with Gasteiger partial charge in [0.1, 0.15) is 0 Å². The van der Waals surface area contributed by atoms with Crippen LogP contribution in [0, 0.1) is 5.92 Å². The number of hydrogen-bond acceptors (Lipinski definition) is 2. The average molecular weight is 276 g/mol. The second-order valence-corrected chi connectivity index (χ2v) is 5.46. The fourth-order valence-electron chi connectivity index (χ4n) is 2.46. The van der Waals surface area contributed by atoms with E-state index in [2.05, 4.69) is 43.4 Å². The molecule has 0 radical (unpaired) electrons. The van der Waals surface area contributed by atoms with Gasteiger partial charge in [-0.2, -0.15) is 0 Å². The van der Waals surface area contributed by atoms with Gasteiger partial charge in [-0.05, 0) is 31.2 Å². The van der Waals surface area contributed by atoms with E-state index in [9.17, 15) is 4.79 Å². The lowest BCUT2D eigenvalue weighted by molar-refractivity contribution is -0.129. The molecule has 20 heavy (non-hydrogen) atoms. The van der Waals surface area contributed by atoms with Crippen molar-refractivity contribution in [3.8, 4) is 0 Å². The molecule has 0 aliphatic heterocycles. The first-order valence-corrected chi connectivity index (χ1v) is 7.63. The van der Waals surface area contributed by atoms with Crippen LogP contribution in [0.2, 0.25) is 0 Å². The van der Waals surface area contributed by atoms with Crippen molar-refractivity contribution in [1.29, 1.82) is 0 Å². The molecule has 0 fully saturated rings. The predicted octanol–water partition coefficient (Wildman–Crippen LogP) is 2.88. The van der Waals surface area contributed by atoms with Crippen LogP contribution in [0.25, 0.3) is 0 Å². The number of nitrogens with one attached hydrogen (secondary N) is 1. The molecular weight excluding hydrogens is 248 g/mol. The van der Waals surface area contributed by atoms with Crippen molar-refractivity contribution < 1.29 is 4.79 Å². The van der Waals surface area contributed by atoms with Crippen LogP contribution in [0.5, 0.6) is 0 Å². The average Bonchev–Trinajstić information content (AvgIpc) is 2.45. The van der Waals surface area contributed by atoms with Crippen molar-refractivity contribution in [2.75, 3.05) is 26.2 Å². The maximum Gasteiger partial charge on any atom is 0.236 e. The van der Waals surface area contributed by atoms with Crippen LogP contribution in [-0.2, 0) is 4.79 Å². The lowest BCUT2D eigenvalue weighted by atomic mass is 9.88. The van der Waals surface area contributed by atoms with Gasteiger partial charge in [0.25, 0.3) is 0 Å². The molecule has 112 valence electrons. The SMILES string of the molecule is CCN(CC)C(=O)CNCC(c1ccccc1)C(C)C. The fourth-order valence-corrected chi connectivity index (χ4v) is 2.46. The minimum absolute atomic E-state index is 0.186. The Hall–Kier alpha value is -1.35. The van der Waals surface area contributed by atoms with Gasteiger partial charge >= 0.3 is 0 Å². The molecule has 3 heteroatoms. The lowest BCUT2D eigenvalue weighted by Crippen LogP contribution is -2.39. The highest BCUT2D eigenvalue weighted by Crippen LogP contribution is 2.23. The number of carbonyl (C=O) groups is 1. The smallest absolute Gasteiger partial charge is 0.236 e. The van der Waals surface area contributed by atoms with E-state index in [4.69, 9.17) is 0 Å². The van der Waals surface area contributed by atoms with E-state index in [0.717, 1.165) is 19.6 Å². The van der Waals surface area contributed by atoms with Gasteiger partial charge in [0.15, 0.2) is 0 Å². The number of likely N-dealkylation sites (N-methyl/N-ethyl adjacent to an activating group) is 1. The first kappa shape index (κ1) is 16.7. The third-order valence-corrected chi connectivity index (χ3v) is 3.79. The summed E-state index contributed by atoms with van der Waals surface area (Å²) < 4.78 is 0. The van der Waals surface area contributed by atoms with Gasteiger partial charge in [-0.3, -0.25) is 4.79 Å². The molecule has 0 saturated heterocycles. The van der Waals surface area contributed by atoms with Crippen LogP contribution >= 0.6 is 0 Å². The maximum atomic E-state index is 12.0. The van der Waals surface area contributed by atoms with E-state index in [1.807, 2.05) is 24.8 Å². The van der Waals surface area contributed by atoms with E-state index in [-0.39, 0.29) is 5.91 Å². The van der Waals surface area contributed by atoms with Gasteiger partial charge in [-0.1, -0.05) is 44.2 Å². The summed E-state index contributed by atoms with van der Waals surface area (Å²) in [7, 11) is 0. The number of hydrogen-bond donors (Lipinski definition) is 1. The van der Waals surface area contributed by atoms with Gasteiger partial charge in [0.05, 0.1) is 6.54 Å². The van der Waals surface area contributed by atoms with Gasteiger partial charge in [0, 0.05) is 19.6 Å². The molecule has 1 rings (SSSR count). The maximum absolute atomic E-state index is 12.0. The molecule has 0 heterocycles. The van der Waals surface area contributed by atoms with Crippen molar-refractivity contribution in [2.24, 2.45) is 5.92 Å². The zero-order valence-corrected chi connectivity index (χ0v) is 13.2. The molecule has 0 aromatic heterocycles. The standard InChI is InChI=1S/C17H28N2O/c1-5-19(6-2)17(20)13-18-12-16(14(3)4)15-10-8-7-9-11-15/h7-11,14,16,18H,5-6,12-13H2,1-4H3. The summed E-state index contributed by atoms with van der Waals surface area (Å²) in [6.07, 6.45) is 0. The number of benzene rings is 1. The number of rotatable bonds is 8. The summed E-state index contributed by atoms with van der Waals surface area (Å²) in [4.78, 5) is 13.8. The summed E-state index contributed by atoms with van der Waals surface area (Å²) >= 11 is 0. The Bertz CT molecular complexity index is 385. The van der Waals surface area contributed by atoms with Gasteiger partial charge in [-0.25, -0.2) is 0 Å². The molecule has 1 atom stereocenters. The largest absolute Gasteiger partial charge is 0.342 e. The predicted molar refractivity (Wildman–Crippen MR) is 84.8 cm³/mol. The second-order valence-electron chi connectivity index (χ2n) is 5.46. The topological polar surface area (TPSA) is 32.3 Å². The molecule has 0 spiro atoms. The zero-order valence-electron chi connectivity index (χ0n) is 13.2. The van der Waals surface area contributed by atoms with E-state index < -0.39 is 0 Å². The lowest BCUT2D eigenvalue weighted by Gasteiger charge is -2.23.